The summed E-state index contributed by atoms with van der Waals surface area (Å²) in [6.07, 6.45) is 3.35. The Morgan fingerprint density at radius 1 is 1.24 bits per heavy atom. The van der Waals surface area contributed by atoms with Crippen LogP contribution in [0.3, 0.4) is 0 Å². The fourth-order valence-corrected chi connectivity index (χ4v) is 4.33. The summed E-state index contributed by atoms with van der Waals surface area (Å²) in [7, 11) is -3.62. The molecule has 0 radical (unpaired) electrons. The number of thiophene rings is 1. The summed E-state index contributed by atoms with van der Waals surface area (Å²) in [6.45, 7) is 0. The maximum Gasteiger partial charge on any atom is 0.271 e. The molecule has 3 aromatic rings. The molecule has 1 aromatic carbocycles. The van der Waals surface area contributed by atoms with Gasteiger partial charge in [0.25, 0.3) is 10.0 Å². The van der Waals surface area contributed by atoms with E-state index in [4.69, 9.17) is 11.6 Å². The van der Waals surface area contributed by atoms with Crippen LogP contribution in [-0.4, -0.2) is 18.4 Å². The third-order valence-electron chi connectivity index (χ3n) is 2.70. The van der Waals surface area contributed by atoms with Crippen LogP contribution in [0.1, 0.15) is 0 Å². The summed E-state index contributed by atoms with van der Waals surface area (Å²) in [5.41, 5.74) is 1.26. The molecule has 0 spiro atoms. The molecule has 0 amide bonds. The standard InChI is InChI=1S/C13H10ClN3O2S2/c14-11-4-5-12(20-11)21(18,19)17-10-3-1-2-9(8-10)13-15-6-7-16-13/h1-8,17H,(H,15,16). The Bertz CT molecular complexity index is 857. The molecule has 2 heterocycles. The first kappa shape index (κ1) is 14.1. The van der Waals surface area contributed by atoms with E-state index in [2.05, 4.69) is 14.7 Å². The van der Waals surface area contributed by atoms with Crippen molar-refractivity contribution in [2.75, 3.05) is 4.72 Å². The van der Waals surface area contributed by atoms with Crippen molar-refractivity contribution in [1.82, 2.24) is 9.97 Å². The van der Waals surface area contributed by atoms with E-state index in [0.29, 0.717) is 15.8 Å². The second-order valence-electron chi connectivity index (χ2n) is 4.18. The van der Waals surface area contributed by atoms with Gasteiger partial charge in [0.2, 0.25) is 0 Å². The molecule has 108 valence electrons. The van der Waals surface area contributed by atoms with Gasteiger partial charge in [0.05, 0.1) is 4.34 Å². The van der Waals surface area contributed by atoms with E-state index in [1.54, 1.807) is 36.7 Å². The molecule has 0 atom stereocenters. The van der Waals surface area contributed by atoms with Gasteiger partial charge in [-0.25, -0.2) is 13.4 Å². The predicted octanol–water partition coefficient (Wildman–Crippen LogP) is 3.59. The van der Waals surface area contributed by atoms with Crippen LogP contribution < -0.4 is 4.72 Å². The molecule has 0 bridgehead atoms. The van der Waals surface area contributed by atoms with Crippen molar-refractivity contribution in [3.05, 3.63) is 53.1 Å². The van der Waals surface area contributed by atoms with Gasteiger partial charge in [0, 0.05) is 23.6 Å². The number of H-pyrrole nitrogens is 1. The number of aromatic nitrogens is 2. The van der Waals surface area contributed by atoms with Crippen LogP contribution in [-0.2, 0) is 10.0 Å². The van der Waals surface area contributed by atoms with E-state index in [1.165, 1.54) is 6.07 Å². The maximum atomic E-state index is 12.2. The molecular formula is C13H10ClN3O2S2. The number of nitrogens with one attached hydrogen (secondary N) is 2. The van der Waals surface area contributed by atoms with Crippen LogP contribution in [0.25, 0.3) is 11.4 Å². The molecule has 2 N–H and O–H groups in total. The van der Waals surface area contributed by atoms with Crippen molar-refractivity contribution in [1.29, 1.82) is 0 Å². The van der Waals surface area contributed by atoms with Crippen molar-refractivity contribution in [3.63, 3.8) is 0 Å². The summed E-state index contributed by atoms with van der Waals surface area (Å²) in [4.78, 5) is 7.11. The molecule has 0 unspecified atom stereocenters. The van der Waals surface area contributed by atoms with Gasteiger partial charge in [-0.1, -0.05) is 23.7 Å². The van der Waals surface area contributed by atoms with E-state index >= 15 is 0 Å². The Balaban J connectivity index is 1.90. The van der Waals surface area contributed by atoms with Gasteiger partial charge in [-0.15, -0.1) is 11.3 Å². The van der Waals surface area contributed by atoms with Gasteiger partial charge < -0.3 is 4.98 Å². The Kier molecular flexibility index (Phi) is 3.71. The topological polar surface area (TPSA) is 74.8 Å². The van der Waals surface area contributed by atoms with Gasteiger partial charge in [-0.2, -0.15) is 0 Å². The molecular weight excluding hydrogens is 330 g/mol. The number of hydrogen-bond donors (Lipinski definition) is 2. The number of benzene rings is 1. The van der Waals surface area contributed by atoms with Gasteiger partial charge in [-0.3, -0.25) is 4.72 Å². The first-order valence-corrected chi connectivity index (χ1v) is 8.60. The lowest BCUT2D eigenvalue weighted by atomic mass is 10.2. The highest BCUT2D eigenvalue weighted by Crippen LogP contribution is 2.28. The molecule has 3 rings (SSSR count). The fraction of sp³-hybridized carbons (Fsp3) is 0. The average Bonchev–Trinajstić information content (AvgIpc) is 3.09. The number of hydrogen-bond acceptors (Lipinski definition) is 4. The van der Waals surface area contributed by atoms with E-state index in [-0.39, 0.29) is 4.21 Å². The highest BCUT2D eigenvalue weighted by Gasteiger charge is 2.17. The molecule has 0 saturated heterocycles. The Morgan fingerprint density at radius 2 is 2.10 bits per heavy atom. The SMILES string of the molecule is O=S(=O)(Nc1cccc(-c2ncc[nH]2)c1)c1ccc(Cl)s1. The predicted molar refractivity (Wildman–Crippen MR) is 84.2 cm³/mol. The lowest BCUT2D eigenvalue weighted by molar-refractivity contribution is 0.603. The van der Waals surface area contributed by atoms with Crippen LogP contribution >= 0.6 is 22.9 Å². The first-order chi connectivity index (χ1) is 10.0. The van der Waals surface area contributed by atoms with Crippen LogP contribution in [0.4, 0.5) is 5.69 Å². The smallest absolute Gasteiger partial charge is 0.271 e. The molecule has 0 aliphatic heterocycles. The summed E-state index contributed by atoms with van der Waals surface area (Å²) in [6, 6.07) is 10.0. The minimum Gasteiger partial charge on any atom is -0.345 e. The van der Waals surface area contributed by atoms with Crippen molar-refractivity contribution in [3.8, 4) is 11.4 Å². The zero-order valence-electron chi connectivity index (χ0n) is 10.6. The quantitative estimate of drug-likeness (QED) is 0.762. The molecule has 2 aromatic heterocycles. The normalized spacial score (nSPS) is 11.5. The van der Waals surface area contributed by atoms with Crippen molar-refractivity contribution < 1.29 is 8.42 Å². The molecule has 0 fully saturated rings. The number of aromatic amines is 1. The van der Waals surface area contributed by atoms with Gasteiger partial charge in [0.15, 0.2) is 0 Å². The lowest BCUT2D eigenvalue weighted by Crippen LogP contribution is -2.11. The number of sulfonamides is 1. The van der Waals surface area contributed by atoms with Crippen LogP contribution in [0.2, 0.25) is 4.34 Å². The van der Waals surface area contributed by atoms with Crippen molar-refractivity contribution in [2.45, 2.75) is 4.21 Å². The van der Waals surface area contributed by atoms with E-state index in [0.717, 1.165) is 16.9 Å². The highest BCUT2D eigenvalue weighted by molar-refractivity contribution is 7.94. The third kappa shape index (κ3) is 3.10. The third-order valence-corrected chi connectivity index (χ3v) is 5.80. The molecule has 0 aliphatic carbocycles. The number of rotatable bonds is 4. The largest absolute Gasteiger partial charge is 0.345 e. The van der Waals surface area contributed by atoms with E-state index < -0.39 is 10.0 Å². The first-order valence-electron chi connectivity index (χ1n) is 5.92. The second-order valence-corrected chi connectivity index (χ2v) is 7.81. The lowest BCUT2D eigenvalue weighted by Gasteiger charge is -2.07. The molecule has 5 nitrogen and oxygen atoms in total. The Hall–Kier alpha value is -1.83. The second kappa shape index (κ2) is 5.51. The maximum absolute atomic E-state index is 12.2. The number of halogens is 1. The zero-order chi connectivity index (χ0) is 14.9. The number of anilines is 1. The summed E-state index contributed by atoms with van der Waals surface area (Å²) >= 11 is 6.79. The average molecular weight is 340 g/mol. The zero-order valence-corrected chi connectivity index (χ0v) is 13.0. The van der Waals surface area contributed by atoms with E-state index in [1.807, 2.05) is 6.07 Å². The molecule has 8 heteroatoms. The van der Waals surface area contributed by atoms with Crippen molar-refractivity contribution in [2.24, 2.45) is 0 Å². The Morgan fingerprint density at radius 3 is 2.76 bits per heavy atom. The van der Waals surface area contributed by atoms with Gasteiger partial charge in [0.1, 0.15) is 10.0 Å². The van der Waals surface area contributed by atoms with E-state index in [9.17, 15) is 8.42 Å². The minimum atomic E-state index is -3.62. The molecule has 0 aliphatic rings. The highest BCUT2D eigenvalue weighted by atomic mass is 35.5. The minimum absolute atomic E-state index is 0.177. The fourth-order valence-electron chi connectivity index (χ4n) is 1.80. The van der Waals surface area contributed by atoms with Crippen molar-refractivity contribution >= 4 is 38.6 Å². The summed E-state index contributed by atoms with van der Waals surface area (Å²) < 4.78 is 27.6. The Labute approximate surface area is 130 Å². The van der Waals surface area contributed by atoms with Gasteiger partial charge >= 0.3 is 0 Å². The van der Waals surface area contributed by atoms with Crippen LogP contribution in [0.5, 0.6) is 0 Å². The van der Waals surface area contributed by atoms with Crippen LogP contribution in [0, 0.1) is 0 Å². The molecule has 21 heavy (non-hydrogen) atoms. The monoisotopic (exact) mass is 339 g/mol. The number of imidazole rings is 1. The van der Waals surface area contributed by atoms with Crippen LogP contribution in [0.15, 0.2) is 53.0 Å². The summed E-state index contributed by atoms with van der Waals surface area (Å²) in [5, 5.41) is 0. The summed E-state index contributed by atoms with van der Waals surface area (Å²) in [5.74, 6) is 0.676. The molecule has 0 saturated carbocycles. The number of nitrogens with zero attached hydrogens (tertiary/aromatic N) is 1. The van der Waals surface area contributed by atoms with Gasteiger partial charge in [-0.05, 0) is 24.3 Å².